The van der Waals surface area contributed by atoms with E-state index in [-0.39, 0.29) is 17.9 Å². The van der Waals surface area contributed by atoms with E-state index < -0.39 is 10.8 Å². The minimum atomic E-state index is -0.941. The molecule has 0 heterocycles. The monoisotopic (exact) mass is 253 g/mol. The molecule has 0 fully saturated rings. The largest absolute Gasteiger partial charge is 0.348 e. The summed E-state index contributed by atoms with van der Waals surface area (Å²) >= 11 is 0. The van der Waals surface area contributed by atoms with Crippen molar-refractivity contribution in [2.45, 2.75) is 19.9 Å². The molecule has 0 aromatic heterocycles. The second-order valence-corrected chi connectivity index (χ2v) is 5.85. The van der Waals surface area contributed by atoms with Crippen LogP contribution in [0.3, 0.4) is 0 Å². The van der Waals surface area contributed by atoms with E-state index in [4.69, 9.17) is 0 Å². The lowest BCUT2D eigenvalue weighted by atomic mass is 10.1. The van der Waals surface area contributed by atoms with E-state index in [9.17, 15) is 9.00 Å². The Morgan fingerprint density at radius 2 is 1.88 bits per heavy atom. The lowest BCUT2D eigenvalue weighted by Gasteiger charge is -2.19. The van der Waals surface area contributed by atoms with Gasteiger partial charge in [-0.2, -0.15) is 0 Å². The number of carbonyl (C=O) groups excluding carboxylic acids is 1. The molecule has 0 aliphatic rings. The van der Waals surface area contributed by atoms with Crippen LogP contribution in [0.15, 0.2) is 30.3 Å². The van der Waals surface area contributed by atoms with Gasteiger partial charge >= 0.3 is 0 Å². The van der Waals surface area contributed by atoms with Gasteiger partial charge in [0.05, 0.1) is 6.04 Å². The Balaban J connectivity index is 2.81. The van der Waals surface area contributed by atoms with E-state index in [1.54, 1.807) is 6.26 Å². The summed E-state index contributed by atoms with van der Waals surface area (Å²) < 4.78 is 11.3. The van der Waals surface area contributed by atoms with Gasteiger partial charge in [-0.25, -0.2) is 0 Å². The lowest BCUT2D eigenvalue weighted by Crippen LogP contribution is -2.34. The molecule has 0 unspecified atom stereocenters. The summed E-state index contributed by atoms with van der Waals surface area (Å²) in [5, 5.41) is 2.93. The molecule has 1 amide bonds. The predicted octanol–water partition coefficient (Wildman–Crippen LogP) is 1.88. The fourth-order valence-electron chi connectivity index (χ4n) is 1.48. The first kappa shape index (κ1) is 13.9. The first-order chi connectivity index (χ1) is 8.00. The minimum absolute atomic E-state index is 0.00990. The molecule has 0 spiro atoms. The van der Waals surface area contributed by atoms with Gasteiger partial charge in [-0.15, -0.1) is 0 Å². The standard InChI is InChI=1S/C13H19NO2S/c1-10(2)13(15)14-12(9-17(3)16)11-7-5-4-6-8-11/h4-8,10,12H,9H2,1-3H3,(H,14,15)/t12-,17-/m0/s1. The first-order valence-electron chi connectivity index (χ1n) is 5.66. The van der Waals surface area contributed by atoms with Crippen molar-refractivity contribution in [2.75, 3.05) is 12.0 Å². The number of benzene rings is 1. The second kappa shape index (κ2) is 6.55. The number of hydrogen-bond acceptors (Lipinski definition) is 2. The lowest BCUT2D eigenvalue weighted by molar-refractivity contribution is -0.124. The van der Waals surface area contributed by atoms with Crippen molar-refractivity contribution >= 4 is 16.7 Å². The molecule has 0 aliphatic carbocycles. The summed E-state index contributed by atoms with van der Waals surface area (Å²) in [5.74, 6) is 0.374. The summed E-state index contributed by atoms with van der Waals surface area (Å²) in [5.41, 5.74) is 0.997. The molecule has 1 rings (SSSR count). The van der Waals surface area contributed by atoms with Gasteiger partial charge < -0.3 is 5.32 Å². The zero-order valence-electron chi connectivity index (χ0n) is 10.5. The normalized spacial score (nSPS) is 14.4. The van der Waals surface area contributed by atoms with Gasteiger partial charge in [-0.05, 0) is 5.56 Å². The molecule has 0 saturated heterocycles. The molecule has 1 aromatic carbocycles. The van der Waals surface area contributed by atoms with Crippen molar-refractivity contribution in [3.05, 3.63) is 35.9 Å². The third-order valence-corrected chi connectivity index (χ3v) is 3.25. The highest BCUT2D eigenvalue weighted by Crippen LogP contribution is 2.14. The van der Waals surface area contributed by atoms with Gasteiger partial charge in [0.25, 0.3) is 0 Å². The van der Waals surface area contributed by atoms with Crippen LogP contribution in [0.1, 0.15) is 25.5 Å². The Hall–Kier alpha value is -1.16. The highest BCUT2D eigenvalue weighted by molar-refractivity contribution is 7.84. The third-order valence-electron chi connectivity index (χ3n) is 2.44. The van der Waals surface area contributed by atoms with Crippen LogP contribution in [0.25, 0.3) is 0 Å². The summed E-state index contributed by atoms with van der Waals surface area (Å²) in [7, 11) is -0.941. The molecule has 2 atom stereocenters. The number of hydrogen-bond donors (Lipinski definition) is 1. The molecule has 0 bridgehead atoms. The molecule has 1 N–H and O–H groups in total. The number of amides is 1. The van der Waals surface area contributed by atoms with E-state index in [2.05, 4.69) is 5.32 Å². The van der Waals surface area contributed by atoms with E-state index >= 15 is 0 Å². The molecule has 4 heteroatoms. The van der Waals surface area contributed by atoms with Gasteiger partial charge in [0.15, 0.2) is 0 Å². The van der Waals surface area contributed by atoms with Gasteiger partial charge in [-0.1, -0.05) is 44.2 Å². The Morgan fingerprint density at radius 3 is 2.35 bits per heavy atom. The van der Waals surface area contributed by atoms with Crippen LogP contribution in [0.2, 0.25) is 0 Å². The molecule has 3 nitrogen and oxygen atoms in total. The fourth-order valence-corrected chi connectivity index (χ4v) is 2.22. The Bertz CT molecular complexity index is 390. The Labute approximate surface area is 105 Å². The molecule has 17 heavy (non-hydrogen) atoms. The molecular weight excluding hydrogens is 234 g/mol. The van der Waals surface area contributed by atoms with Gasteiger partial charge in [0, 0.05) is 28.7 Å². The van der Waals surface area contributed by atoms with Crippen molar-refractivity contribution in [1.29, 1.82) is 0 Å². The fraction of sp³-hybridized carbons (Fsp3) is 0.462. The maximum absolute atomic E-state index is 11.7. The summed E-state index contributed by atoms with van der Waals surface area (Å²) in [6.45, 7) is 3.70. The maximum atomic E-state index is 11.7. The molecule has 0 aliphatic heterocycles. The Morgan fingerprint density at radius 1 is 1.29 bits per heavy atom. The average Bonchev–Trinajstić information content (AvgIpc) is 2.28. The quantitative estimate of drug-likeness (QED) is 0.871. The predicted molar refractivity (Wildman–Crippen MR) is 71.1 cm³/mol. The van der Waals surface area contributed by atoms with Crippen LogP contribution in [0.4, 0.5) is 0 Å². The van der Waals surface area contributed by atoms with Crippen LogP contribution >= 0.6 is 0 Å². The highest BCUT2D eigenvalue weighted by Gasteiger charge is 2.17. The number of nitrogens with one attached hydrogen (secondary N) is 1. The maximum Gasteiger partial charge on any atom is 0.223 e. The van der Waals surface area contributed by atoms with Crippen molar-refractivity contribution < 1.29 is 9.00 Å². The van der Waals surface area contributed by atoms with Crippen molar-refractivity contribution in [2.24, 2.45) is 5.92 Å². The number of carbonyl (C=O) groups is 1. The molecule has 94 valence electrons. The molecular formula is C13H19NO2S. The SMILES string of the molecule is CC(C)C(=O)N[C@@H](C[S@](C)=O)c1ccccc1. The van der Waals surface area contributed by atoms with Gasteiger partial charge in [0.2, 0.25) is 5.91 Å². The smallest absolute Gasteiger partial charge is 0.223 e. The van der Waals surface area contributed by atoms with E-state index in [0.717, 1.165) is 5.56 Å². The molecule has 0 radical (unpaired) electrons. The van der Waals surface area contributed by atoms with E-state index in [0.29, 0.717) is 5.75 Å². The van der Waals surface area contributed by atoms with Crippen molar-refractivity contribution in [3.8, 4) is 0 Å². The highest BCUT2D eigenvalue weighted by atomic mass is 32.2. The summed E-state index contributed by atoms with van der Waals surface area (Å²) in [6, 6.07) is 9.48. The first-order valence-corrected chi connectivity index (χ1v) is 7.38. The van der Waals surface area contributed by atoms with Gasteiger partial charge in [-0.3, -0.25) is 9.00 Å². The zero-order chi connectivity index (χ0) is 12.8. The van der Waals surface area contributed by atoms with Crippen molar-refractivity contribution in [1.82, 2.24) is 5.32 Å². The van der Waals surface area contributed by atoms with Gasteiger partial charge in [0.1, 0.15) is 0 Å². The topological polar surface area (TPSA) is 46.2 Å². The Kier molecular flexibility index (Phi) is 5.35. The molecule has 0 saturated carbocycles. The number of rotatable bonds is 5. The minimum Gasteiger partial charge on any atom is -0.348 e. The summed E-state index contributed by atoms with van der Waals surface area (Å²) in [4.78, 5) is 11.7. The molecule has 1 aromatic rings. The van der Waals surface area contributed by atoms with Crippen LogP contribution in [0, 0.1) is 5.92 Å². The van der Waals surface area contributed by atoms with Crippen LogP contribution in [-0.4, -0.2) is 22.1 Å². The zero-order valence-corrected chi connectivity index (χ0v) is 11.3. The van der Waals surface area contributed by atoms with Crippen LogP contribution in [-0.2, 0) is 15.6 Å². The van der Waals surface area contributed by atoms with E-state index in [1.807, 2.05) is 44.2 Å². The third kappa shape index (κ3) is 4.69. The van der Waals surface area contributed by atoms with Crippen LogP contribution < -0.4 is 5.32 Å². The summed E-state index contributed by atoms with van der Waals surface area (Å²) in [6.07, 6.45) is 1.65. The average molecular weight is 253 g/mol. The second-order valence-electron chi connectivity index (χ2n) is 4.37. The van der Waals surface area contributed by atoms with Crippen molar-refractivity contribution in [3.63, 3.8) is 0 Å². The van der Waals surface area contributed by atoms with Crippen LogP contribution in [0.5, 0.6) is 0 Å². The van der Waals surface area contributed by atoms with E-state index in [1.165, 1.54) is 0 Å².